The molecule has 5 aliphatic carbocycles. The molecule has 0 N–H and O–H groups in total. The van der Waals surface area contributed by atoms with Crippen LogP contribution in [-0.4, -0.2) is 26.3 Å². The lowest BCUT2D eigenvalue weighted by atomic mass is 9.45. The zero-order valence-corrected chi connectivity index (χ0v) is 21.3. The van der Waals surface area contributed by atoms with Crippen LogP contribution in [0.25, 0.3) is 0 Å². The van der Waals surface area contributed by atoms with Gasteiger partial charge in [0.2, 0.25) is 0 Å². The van der Waals surface area contributed by atoms with E-state index >= 15 is 0 Å². The number of fused-ring (bicyclic) bond motifs is 4. The molecule has 5 fully saturated rings. The molecule has 0 aromatic rings. The lowest BCUT2D eigenvalue weighted by molar-refractivity contribution is -0.161. The molecule has 0 aliphatic heterocycles. The molecule has 5 aliphatic rings. The fourth-order valence-electron chi connectivity index (χ4n) is 10.2. The molecule has 0 radical (unpaired) electrons. The summed E-state index contributed by atoms with van der Waals surface area (Å²) >= 11 is 0. The second-order valence-corrected chi connectivity index (χ2v) is 12.1. The SMILES string of the molecule is CC.COC(=O)CCC(C)C1CCC2C3CC(OC)C45CC4CCC5(C)C3CCC12C. The molecule has 5 saturated carbocycles. The van der Waals surface area contributed by atoms with Gasteiger partial charge in [-0.3, -0.25) is 4.79 Å². The summed E-state index contributed by atoms with van der Waals surface area (Å²) < 4.78 is 11.1. The molecule has 0 bridgehead atoms. The summed E-state index contributed by atoms with van der Waals surface area (Å²) in [5, 5.41) is 0. The smallest absolute Gasteiger partial charge is 0.305 e. The molecule has 178 valence electrons. The summed E-state index contributed by atoms with van der Waals surface area (Å²) in [6, 6.07) is 0. The number of hydrogen-bond donors (Lipinski definition) is 0. The summed E-state index contributed by atoms with van der Waals surface area (Å²) in [7, 11) is 3.50. The number of esters is 1. The standard InChI is InChI=1S/C26H42O3.C2H6/c1-16(6-9-23(27)29-5)19-7-8-20-18-14-22(28-4)26-15-17(26)10-13-25(26,3)21(18)11-12-24(19,20)2;1-2/h16-22H,6-15H2,1-5H3;1-2H3. The van der Waals surface area contributed by atoms with E-state index in [0.717, 1.165) is 36.0 Å². The van der Waals surface area contributed by atoms with Gasteiger partial charge in [-0.1, -0.05) is 34.6 Å². The number of hydrogen-bond acceptors (Lipinski definition) is 3. The Hall–Kier alpha value is -0.570. The van der Waals surface area contributed by atoms with Crippen LogP contribution in [0.15, 0.2) is 0 Å². The van der Waals surface area contributed by atoms with Gasteiger partial charge in [0.25, 0.3) is 0 Å². The molecule has 1 spiro atoms. The first-order valence-corrected chi connectivity index (χ1v) is 13.4. The second-order valence-electron chi connectivity index (χ2n) is 12.1. The monoisotopic (exact) mass is 432 g/mol. The van der Waals surface area contributed by atoms with E-state index in [4.69, 9.17) is 9.47 Å². The average molecular weight is 433 g/mol. The van der Waals surface area contributed by atoms with Crippen LogP contribution in [0.4, 0.5) is 0 Å². The van der Waals surface area contributed by atoms with Crippen LogP contribution in [0.3, 0.4) is 0 Å². The first-order valence-electron chi connectivity index (χ1n) is 13.4. The van der Waals surface area contributed by atoms with E-state index in [1.54, 1.807) is 0 Å². The second kappa shape index (κ2) is 8.33. The fraction of sp³-hybridized carbons (Fsp3) is 0.964. The largest absolute Gasteiger partial charge is 0.469 e. The van der Waals surface area contributed by atoms with Gasteiger partial charge < -0.3 is 9.47 Å². The van der Waals surface area contributed by atoms with Crippen LogP contribution >= 0.6 is 0 Å². The zero-order chi connectivity index (χ0) is 22.6. The van der Waals surface area contributed by atoms with Gasteiger partial charge in [-0.2, -0.15) is 0 Å². The summed E-state index contributed by atoms with van der Waals surface area (Å²) in [6.07, 6.45) is 13.3. The highest BCUT2D eigenvalue weighted by atomic mass is 16.5. The molecular formula is C28H48O3. The number of ether oxygens (including phenoxy) is 2. The lowest BCUT2D eigenvalue weighted by Crippen LogP contribution is -2.57. The molecule has 0 saturated heterocycles. The summed E-state index contributed by atoms with van der Waals surface area (Å²) in [4.78, 5) is 11.7. The van der Waals surface area contributed by atoms with Crippen molar-refractivity contribution in [3.63, 3.8) is 0 Å². The van der Waals surface area contributed by atoms with Crippen LogP contribution in [0.2, 0.25) is 0 Å². The highest BCUT2D eigenvalue weighted by Gasteiger charge is 2.77. The van der Waals surface area contributed by atoms with Crippen molar-refractivity contribution in [2.75, 3.05) is 14.2 Å². The van der Waals surface area contributed by atoms with Crippen molar-refractivity contribution in [1.82, 2.24) is 0 Å². The fourth-order valence-corrected chi connectivity index (χ4v) is 10.2. The van der Waals surface area contributed by atoms with Crippen molar-refractivity contribution in [2.24, 2.45) is 51.8 Å². The molecule has 0 aromatic heterocycles. The minimum absolute atomic E-state index is 0.0473. The molecule has 0 heterocycles. The van der Waals surface area contributed by atoms with Gasteiger partial charge in [-0.05, 0) is 104 Å². The number of carbonyl (C=O) groups excluding carboxylic acids is 1. The predicted octanol–water partition coefficient (Wildman–Crippen LogP) is 6.89. The van der Waals surface area contributed by atoms with Crippen LogP contribution in [-0.2, 0) is 14.3 Å². The maximum atomic E-state index is 11.7. The third-order valence-corrected chi connectivity index (χ3v) is 11.6. The Morgan fingerprint density at radius 3 is 2.42 bits per heavy atom. The van der Waals surface area contributed by atoms with E-state index in [2.05, 4.69) is 20.8 Å². The molecule has 3 nitrogen and oxygen atoms in total. The Bertz CT molecular complexity index is 675. The normalized spacial score (nSPS) is 50.2. The van der Waals surface area contributed by atoms with Gasteiger partial charge in [-0.25, -0.2) is 0 Å². The average Bonchev–Trinajstić information content (AvgIpc) is 3.29. The van der Waals surface area contributed by atoms with Crippen LogP contribution in [0, 0.1) is 51.8 Å². The van der Waals surface area contributed by atoms with Crippen molar-refractivity contribution in [1.29, 1.82) is 0 Å². The topological polar surface area (TPSA) is 35.5 Å². The molecular weight excluding hydrogens is 384 g/mol. The molecule has 0 aromatic carbocycles. The van der Waals surface area contributed by atoms with E-state index in [1.165, 1.54) is 58.5 Å². The summed E-state index contributed by atoms with van der Waals surface area (Å²) in [5.74, 6) is 4.92. The van der Waals surface area contributed by atoms with E-state index < -0.39 is 0 Å². The van der Waals surface area contributed by atoms with Crippen molar-refractivity contribution in [3.8, 4) is 0 Å². The van der Waals surface area contributed by atoms with Crippen molar-refractivity contribution < 1.29 is 14.3 Å². The molecule has 10 unspecified atom stereocenters. The lowest BCUT2D eigenvalue weighted by Gasteiger charge is -2.61. The van der Waals surface area contributed by atoms with Gasteiger partial charge >= 0.3 is 5.97 Å². The van der Waals surface area contributed by atoms with Crippen LogP contribution < -0.4 is 0 Å². The number of carbonyl (C=O) groups is 1. The Labute approximate surface area is 191 Å². The first-order chi connectivity index (χ1) is 14.8. The molecule has 31 heavy (non-hydrogen) atoms. The van der Waals surface area contributed by atoms with Gasteiger partial charge in [0.05, 0.1) is 13.2 Å². The number of methoxy groups -OCH3 is 2. The van der Waals surface area contributed by atoms with Crippen LogP contribution in [0.5, 0.6) is 0 Å². The van der Waals surface area contributed by atoms with Gasteiger partial charge in [0.15, 0.2) is 0 Å². The highest BCUT2D eigenvalue weighted by molar-refractivity contribution is 5.69. The third-order valence-electron chi connectivity index (χ3n) is 11.6. The third kappa shape index (κ3) is 3.18. The minimum Gasteiger partial charge on any atom is -0.469 e. The quantitative estimate of drug-likeness (QED) is 0.444. The van der Waals surface area contributed by atoms with Crippen molar-refractivity contribution in [3.05, 3.63) is 0 Å². The van der Waals surface area contributed by atoms with Gasteiger partial charge in [-0.15, -0.1) is 0 Å². The molecule has 10 atom stereocenters. The molecule has 0 amide bonds. The van der Waals surface area contributed by atoms with E-state index in [0.29, 0.717) is 34.7 Å². The first kappa shape index (κ1) is 23.6. The molecule has 5 rings (SSSR count). The van der Waals surface area contributed by atoms with Gasteiger partial charge in [0, 0.05) is 18.9 Å². The summed E-state index contributed by atoms with van der Waals surface area (Å²) in [6.45, 7) is 11.7. The van der Waals surface area contributed by atoms with E-state index in [1.807, 2.05) is 21.0 Å². The zero-order valence-electron chi connectivity index (χ0n) is 21.3. The number of rotatable bonds is 5. The molecule has 3 heteroatoms. The van der Waals surface area contributed by atoms with Gasteiger partial charge in [0.1, 0.15) is 0 Å². The summed E-state index contributed by atoms with van der Waals surface area (Å²) in [5.41, 5.74) is 1.51. The maximum absolute atomic E-state index is 11.7. The maximum Gasteiger partial charge on any atom is 0.305 e. The highest BCUT2D eigenvalue weighted by Crippen LogP contribution is 2.82. The van der Waals surface area contributed by atoms with E-state index in [-0.39, 0.29) is 5.97 Å². The Morgan fingerprint density at radius 1 is 1.03 bits per heavy atom. The Balaban J connectivity index is 0.00000112. The Kier molecular flexibility index (Phi) is 6.34. The van der Waals surface area contributed by atoms with E-state index in [9.17, 15) is 4.79 Å². The Morgan fingerprint density at radius 2 is 1.77 bits per heavy atom. The van der Waals surface area contributed by atoms with Crippen molar-refractivity contribution in [2.45, 2.75) is 105 Å². The minimum atomic E-state index is -0.0473. The van der Waals surface area contributed by atoms with Crippen molar-refractivity contribution >= 4 is 5.97 Å². The van der Waals surface area contributed by atoms with Crippen LogP contribution in [0.1, 0.15) is 98.8 Å². The predicted molar refractivity (Wildman–Crippen MR) is 126 cm³/mol.